The van der Waals surface area contributed by atoms with Gasteiger partial charge in [0.15, 0.2) is 0 Å². The molecule has 0 aliphatic carbocycles. The van der Waals surface area contributed by atoms with E-state index in [2.05, 4.69) is 0 Å². The van der Waals surface area contributed by atoms with Gasteiger partial charge < -0.3 is 14.6 Å². The van der Waals surface area contributed by atoms with Crippen LogP contribution in [0, 0.1) is 0 Å². The molecular formula is C15H15O3-. The summed E-state index contributed by atoms with van der Waals surface area (Å²) < 4.78 is 5.56. The lowest BCUT2D eigenvalue weighted by Gasteiger charge is -2.13. The van der Waals surface area contributed by atoms with Crippen LogP contribution in [0.15, 0.2) is 36.4 Å². The Hall–Kier alpha value is -2.03. The predicted molar refractivity (Wildman–Crippen MR) is 68.4 cm³/mol. The lowest BCUT2D eigenvalue weighted by Crippen LogP contribution is -2.22. The van der Waals surface area contributed by atoms with Crippen molar-refractivity contribution in [2.24, 2.45) is 0 Å². The van der Waals surface area contributed by atoms with Gasteiger partial charge in [0.1, 0.15) is 5.75 Å². The lowest BCUT2D eigenvalue weighted by atomic mass is 10.00. The molecule has 0 bridgehead atoms. The first-order chi connectivity index (χ1) is 8.72. The number of fused-ring (bicyclic) bond motifs is 1. The molecule has 0 unspecified atom stereocenters. The molecule has 0 saturated heterocycles. The van der Waals surface area contributed by atoms with Crippen molar-refractivity contribution in [1.29, 1.82) is 0 Å². The van der Waals surface area contributed by atoms with Crippen LogP contribution in [0.5, 0.6) is 5.75 Å². The van der Waals surface area contributed by atoms with Gasteiger partial charge in [0.05, 0.1) is 6.61 Å². The molecule has 2 aromatic carbocycles. The Labute approximate surface area is 106 Å². The Balaban J connectivity index is 2.47. The van der Waals surface area contributed by atoms with Crippen LogP contribution in [0.2, 0.25) is 0 Å². The first kappa shape index (κ1) is 12.4. The first-order valence-corrected chi connectivity index (χ1v) is 6.05. The zero-order chi connectivity index (χ0) is 13.0. The Bertz CT molecular complexity index is 561. The fraction of sp³-hybridized carbons (Fsp3) is 0.267. The molecule has 94 valence electrons. The molecule has 0 N–H and O–H groups in total. The maximum atomic E-state index is 10.6. The van der Waals surface area contributed by atoms with E-state index in [0.717, 1.165) is 22.1 Å². The third kappa shape index (κ3) is 2.62. The van der Waals surface area contributed by atoms with E-state index < -0.39 is 5.97 Å². The summed E-state index contributed by atoms with van der Waals surface area (Å²) in [5, 5.41) is 12.8. The van der Waals surface area contributed by atoms with Gasteiger partial charge >= 0.3 is 0 Å². The number of aryl methyl sites for hydroxylation is 1. The van der Waals surface area contributed by atoms with Crippen LogP contribution in [0.1, 0.15) is 18.9 Å². The smallest absolute Gasteiger partial charge is 0.123 e. The summed E-state index contributed by atoms with van der Waals surface area (Å²) in [5.74, 6) is -0.275. The maximum absolute atomic E-state index is 10.6. The minimum atomic E-state index is -1.04. The number of ether oxygens (including phenoxy) is 1. The molecule has 0 aliphatic rings. The molecule has 0 aliphatic heterocycles. The molecule has 3 nitrogen and oxygen atoms in total. The van der Waals surface area contributed by atoms with E-state index in [1.807, 2.05) is 43.3 Å². The number of aliphatic carboxylic acids is 1. The van der Waals surface area contributed by atoms with E-state index in [1.165, 1.54) is 0 Å². The second-order valence-electron chi connectivity index (χ2n) is 4.07. The third-order valence-electron chi connectivity index (χ3n) is 2.88. The third-order valence-corrected chi connectivity index (χ3v) is 2.88. The highest BCUT2D eigenvalue weighted by molar-refractivity contribution is 5.88. The van der Waals surface area contributed by atoms with Gasteiger partial charge in [-0.15, -0.1) is 0 Å². The normalized spacial score (nSPS) is 10.5. The molecular weight excluding hydrogens is 228 g/mol. The highest BCUT2D eigenvalue weighted by atomic mass is 16.5. The van der Waals surface area contributed by atoms with Crippen molar-refractivity contribution in [1.82, 2.24) is 0 Å². The molecule has 2 aromatic rings. The van der Waals surface area contributed by atoms with Crippen LogP contribution in [0.4, 0.5) is 0 Å². The number of rotatable bonds is 5. The number of hydrogen-bond donors (Lipinski definition) is 0. The SMILES string of the molecule is CCOc1ccc2ccccc2c1CCC(=O)[O-]. The van der Waals surface area contributed by atoms with Gasteiger partial charge in [-0.3, -0.25) is 0 Å². The standard InChI is InChI=1S/C15H16O3/c1-2-18-14-9-7-11-5-3-4-6-12(11)13(14)8-10-15(16)17/h3-7,9H,2,8,10H2,1H3,(H,16,17)/p-1. The molecule has 0 amide bonds. The average Bonchev–Trinajstić information content (AvgIpc) is 2.37. The van der Waals surface area contributed by atoms with Crippen molar-refractivity contribution in [2.45, 2.75) is 19.8 Å². The summed E-state index contributed by atoms with van der Waals surface area (Å²) in [6.45, 7) is 2.48. The van der Waals surface area contributed by atoms with Gasteiger partial charge in [-0.2, -0.15) is 0 Å². The van der Waals surface area contributed by atoms with Crippen molar-refractivity contribution in [3.8, 4) is 5.75 Å². The van der Waals surface area contributed by atoms with Gasteiger partial charge in [-0.25, -0.2) is 0 Å². The Morgan fingerprint density at radius 2 is 2.00 bits per heavy atom. The van der Waals surface area contributed by atoms with Crippen LogP contribution in [-0.2, 0) is 11.2 Å². The molecule has 0 fully saturated rings. The van der Waals surface area contributed by atoms with E-state index in [-0.39, 0.29) is 6.42 Å². The summed E-state index contributed by atoms with van der Waals surface area (Å²) in [7, 11) is 0. The van der Waals surface area contributed by atoms with Crippen LogP contribution < -0.4 is 9.84 Å². The van der Waals surface area contributed by atoms with Crippen molar-refractivity contribution in [2.75, 3.05) is 6.61 Å². The van der Waals surface area contributed by atoms with E-state index in [9.17, 15) is 9.90 Å². The molecule has 0 spiro atoms. The molecule has 0 heterocycles. The van der Waals surface area contributed by atoms with Crippen LogP contribution >= 0.6 is 0 Å². The van der Waals surface area contributed by atoms with E-state index >= 15 is 0 Å². The zero-order valence-corrected chi connectivity index (χ0v) is 10.3. The van der Waals surface area contributed by atoms with Crippen molar-refractivity contribution >= 4 is 16.7 Å². The number of carbonyl (C=O) groups excluding carboxylic acids is 1. The number of carboxylic acid groups (broad SMARTS) is 1. The van der Waals surface area contributed by atoms with Gasteiger partial charge in [0, 0.05) is 11.5 Å². The number of benzene rings is 2. The van der Waals surface area contributed by atoms with Gasteiger partial charge in [0.2, 0.25) is 0 Å². The van der Waals surface area contributed by atoms with Crippen LogP contribution in [0.25, 0.3) is 10.8 Å². The molecule has 18 heavy (non-hydrogen) atoms. The second-order valence-corrected chi connectivity index (χ2v) is 4.07. The molecule has 3 heteroatoms. The first-order valence-electron chi connectivity index (χ1n) is 6.05. The van der Waals surface area contributed by atoms with E-state index in [1.54, 1.807) is 0 Å². The molecule has 0 atom stereocenters. The van der Waals surface area contributed by atoms with Gasteiger partial charge in [0.25, 0.3) is 0 Å². The quantitative estimate of drug-likeness (QED) is 0.806. The summed E-state index contributed by atoms with van der Waals surface area (Å²) in [6.07, 6.45) is 0.438. The highest BCUT2D eigenvalue weighted by Gasteiger charge is 2.08. The molecule has 2 rings (SSSR count). The Morgan fingerprint density at radius 3 is 2.72 bits per heavy atom. The monoisotopic (exact) mass is 243 g/mol. The Morgan fingerprint density at radius 1 is 1.22 bits per heavy atom. The van der Waals surface area contributed by atoms with Crippen molar-refractivity contribution < 1.29 is 14.6 Å². The molecule has 0 saturated carbocycles. The van der Waals surface area contributed by atoms with Crippen LogP contribution in [-0.4, -0.2) is 12.6 Å². The van der Waals surface area contributed by atoms with E-state index in [0.29, 0.717) is 13.0 Å². The number of carboxylic acids is 1. The van der Waals surface area contributed by atoms with Crippen LogP contribution in [0.3, 0.4) is 0 Å². The minimum Gasteiger partial charge on any atom is -0.550 e. The second kappa shape index (κ2) is 5.54. The highest BCUT2D eigenvalue weighted by Crippen LogP contribution is 2.29. The topological polar surface area (TPSA) is 49.4 Å². The summed E-state index contributed by atoms with van der Waals surface area (Å²) in [6, 6.07) is 11.8. The Kier molecular flexibility index (Phi) is 3.82. The fourth-order valence-corrected chi connectivity index (χ4v) is 2.09. The fourth-order valence-electron chi connectivity index (χ4n) is 2.09. The average molecular weight is 243 g/mol. The van der Waals surface area contributed by atoms with Crippen molar-refractivity contribution in [3.05, 3.63) is 42.0 Å². The minimum absolute atomic E-state index is 0.00802. The molecule has 0 aromatic heterocycles. The van der Waals surface area contributed by atoms with Gasteiger partial charge in [-0.05, 0) is 36.6 Å². The summed E-state index contributed by atoms with van der Waals surface area (Å²) in [5.41, 5.74) is 0.944. The van der Waals surface area contributed by atoms with Crippen molar-refractivity contribution in [3.63, 3.8) is 0 Å². The molecule has 0 radical (unpaired) electrons. The maximum Gasteiger partial charge on any atom is 0.123 e. The number of hydrogen-bond acceptors (Lipinski definition) is 3. The summed E-state index contributed by atoms with van der Waals surface area (Å²) >= 11 is 0. The zero-order valence-electron chi connectivity index (χ0n) is 10.3. The lowest BCUT2D eigenvalue weighted by molar-refractivity contribution is -0.305. The van der Waals surface area contributed by atoms with E-state index in [4.69, 9.17) is 4.74 Å². The predicted octanol–water partition coefficient (Wildman–Crippen LogP) is 1.92. The largest absolute Gasteiger partial charge is 0.550 e. The summed E-state index contributed by atoms with van der Waals surface area (Å²) in [4.78, 5) is 10.6. The number of carbonyl (C=O) groups is 1. The van der Waals surface area contributed by atoms with Gasteiger partial charge in [-0.1, -0.05) is 30.3 Å².